The number of halogens is 2. The molecule has 0 aliphatic carbocycles. The number of benzene rings is 1. The SMILES string of the molecule is Fc1cc(Br)cc(NCC2=CCCOC2)c1. The molecule has 0 amide bonds. The normalized spacial score (nSPS) is 15.8. The van der Waals surface area contributed by atoms with Gasteiger partial charge in [0.05, 0.1) is 13.2 Å². The average molecular weight is 286 g/mol. The van der Waals surface area contributed by atoms with Crippen LogP contribution in [0, 0.1) is 5.82 Å². The van der Waals surface area contributed by atoms with Crippen LogP contribution in [0.5, 0.6) is 0 Å². The molecular formula is C12H13BrFNO. The summed E-state index contributed by atoms with van der Waals surface area (Å²) in [4.78, 5) is 0. The van der Waals surface area contributed by atoms with Gasteiger partial charge in [0.25, 0.3) is 0 Å². The smallest absolute Gasteiger partial charge is 0.126 e. The second-order valence-corrected chi connectivity index (χ2v) is 4.63. The lowest BCUT2D eigenvalue weighted by molar-refractivity contribution is 0.150. The molecule has 4 heteroatoms. The molecule has 0 saturated carbocycles. The summed E-state index contributed by atoms with van der Waals surface area (Å²) in [5, 5.41) is 3.18. The van der Waals surface area contributed by atoms with Crippen LogP contribution in [0.3, 0.4) is 0 Å². The number of anilines is 1. The first-order valence-corrected chi connectivity index (χ1v) is 5.99. The molecule has 1 heterocycles. The van der Waals surface area contributed by atoms with Gasteiger partial charge in [-0.05, 0) is 30.2 Å². The van der Waals surface area contributed by atoms with Gasteiger partial charge in [0.1, 0.15) is 5.82 Å². The molecule has 0 radical (unpaired) electrons. The predicted molar refractivity (Wildman–Crippen MR) is 66.1 cm³/mol. The Balaban J connectivity index is 1.96. The quantitative estimate of drug-likeness (QED) is 0.860. The van der Waals surface area contributed by atoms with Crippen molar-refractivity contribution in [3.05, 3.63) is 40.1 Å². The molecule has 0 atom stereocenters. The van der Waals surface area contributed by atoms with E-state index in [1.54, 1.807) is 0 Å². The topological polar surface area (TPSA) is 21.3 Å². The Labute approximate surface area is 103 Å². The molecule has 1 N–H and O–H groups in total. The van der Waals surface area contributed by atoms with Gasteiger partial charge >= 0.3 is 0 Å². The first-order valence-electron chi connectivity index (χ1n) is 5.19. The van der Waals surface area contributed by atoms with Crippen LogP contribution in [0.4, 0.5) is 10.1 Å². The van der Waals surface area contributed by atoms with E-state index in [9.17, 15) is 4.39 Å². The molecule has 0 aromatic heterocycles. The van der Waals surface area contributed by atoms with Gasteiger partial charge in [0.2, 0.25) is 0 Å². The van der Waals surface area contributed by atoms with Crippen molar-refractivity contribution in [2.45, 2.75) is 6.42 Å². The maximum absolute atomic E-state index is 13.1. The fourth-order valence-corrected chi connectivity index (χ4v) is 2.07. The Morgan fingerprint density at radius 1 is 1.38 bits per heavy atom. The van der Waals surface area contributed by atoms with Gasteiger partial charge in [-0.15, -0.1) is 0 Å². The van der Waals surface area contributed by atoms with Crippen molar-refractivity contribution < 1.29 is 9.13 Å². The Morgan fingerprint density at radius 3 is 2.94 bits per heavy atom. The number of rotatable bonds is 3. The van der Waals surface area contributed by atoms with E-state index in [4.69, 9.17) is 4.74 Å². The molecule has 2 rings (SSSR count). The summed E-state index contributed by atoms with van der Waals surface area (Å²) in [6.45, 7) is 2.17. The Kier molecular flexibility index (Phi) is 3.96. The Hall–Kier alpha value is -0.870. The lowest BCUT2D eigenvalue weighted by Gasteiger charge is -2.15. The van der Waals surface area contributed by atoms with Crippen molar-refractivity contribution in [3.63, 3.8) is 0 Å². The molecular weight excluding hydrogens is 273 g/mol. The summed E-state index contributed by atoms with van der Waals surface area (Å²) in [6.07, 6.45) is 3.13. The maximum Gasteiger partial charge on any atom is 0.126 e. The summed E-state index contributed by atoms with van der Waals surface area (Å²) < 4.78 is 19.2. The largest absolute Gasteiger partial charge is 0.381 e. The van der Waals surface area contributed by atoms with Crippen molar-refractivity contribution in [1.82, 2.24) is 0 Å². The zero-order chi connectivity index (χ0) is 11.4. The molecule has 16 heavy (non-hydrogen) atoms. The lowest BCUT2D eigenvalue weighted by Crippen LogP contribution is -2.14. The van der Waals surface area contributed by atoms with E-state index in [1.807, 2.05) is 6.07 Å². The summed E-state index contributed by atoms with van der Waals surface area (Å²) in [5.74, 6) is -0.245. The van der Waals surface area contributed by atoms with Gasteiger partial charge in [0, 0.05) is 16.7 Å². The van der Waals surface area contributed by atoms with Crippen LogP contribution < -0.4 is 5.32 Å². The van der Waals surface area contributed by atoms with Crippen LogP contribution in [0.15, 0.2) is 34.3 Å². The third-order valence-electron chi connectivity index (χ3n) is 2.36. The molecule has 0 unspecified atom stereocenters. The summed E-state index contributed by atoms with van der Waals surface area (Å²) >= 11 is 3.26. The summed E-state index contributed by atoms with van der Waals surface area (Å²) in [5.41, 5.74) is 1.99. The zero-order valence-electron chi connectivity index (χ0n) is 8.80. The van der Waals surface area contributed by atoms with E-state index >= 15 is 0 Å². The second-order valence-electron chi connectivity index (χ2n) is 3.72. The Bertz CT molecular complexity index is 386. The number of nitrogens with one attached hydrogen (secondary N) is 1. The first-order chi connectivity index (χ1) is 7.74. The minimum atomic E-state index is -0.245. The van der Waals surface area contributed by atoms with Gasteiger partial charge in [0.15, 0.2) is 0 Å². The van der Waals surface area contributed by atoms with E-state index in [2.05, 4.69) is 27.3 Å². The number of ether oxygens (including phenoxy) is 1. The number of hydrogen-bond acceptors (Lipinski definition) is 2. The number of hydrogen-bond donors (Lipinski definition) is 1. The lowest BCUT2D eigenvalue weighted by atomic mass is 10.2. The van der Waals surface area contributed by atoms with Gasteiger partial charge in [-0.1, -0.05) is 22.0 Å². The average Bonchev–Trinajstić information content (AvgIpc) is 2.27. The second kappa shape index (κ2) is 5.46. The van der Waals surface area contributed by atoms with Crippen molar-refractivity contribution in [2.75, 3.05) is 25.1 Å². The molecule has 2 nitrogen and oxygen atoms in total. The van der Waals surface area contributed by atoms with Crippen molar-refractivity contribution in [1.29, 1.82) is 0 Å². The van der Waals surface area contributed by atoms with Crippen LogP contribution in [0.1, 0.15) is 6.42 Å². The van der Waals surface area contributed by atoms with Crippen LogP contribution in [-0.2, 0) is 4.74 Å². The molecule has 1 aromatic carbocycles. The highest BCUT2D eigenvalue weighted by molar-refractivity contribution is 9.10. The monoisotopic (exact) mass is 285 g/mol. The van der Waals surface area contributed by atoms with Gasteiger partial charge in [-0.2, -0.15) is 0 Å². The molecule has 86 valence electrons. The van der Waals surface area contributed by atoms with E-state index in [0.29, 0.717) is 13.2 Å². The van der Waals surface area contributed by atoms with E-state index in [1.165, 1.54) is 17.7 Å². The highest BCUT2D eigenvalue weighted by Crippen LogP contribution is 2.19. The highest BCUT2D eigenvalue weighted by Gasteiger charge is 2.04. The molecule has 0 saturated heterocycles. The van der Waals surface area contributed by atoms with E-state index < -0.39 is 0 Å². The van der Waals surface area contributed by atoms with Crippen molar-refractivity contribution >= 4 is 21.6 Å². The summed E-state index contributed by atoms with van der Waals surface area (Å²) in [7, 11) is 0. The molecule has 1 aliphatic rings. The third kappa shape index (κ3) is 3.32. The van der Waals surface area contributed by atoms with Crippen molar-refractivity contribution in [3.8, 4) is 0 Å². The minimum absolute atomic E-state index is 0.245. The minimum Gasteiger partial charge on any atom is -0.381 e. The molecule has 0 bridgehead atoms. The van der Waals surface area contributed by atoms with E-state index in [0.717, 1.165) is 23.2 Å². The van der Waals surface area contributed by atoms with E-state index in [-0.39, 0.29) is 5.82 Å². The van der Waals surface area contributed by atoms with Gasteiger partial charge in [-0.3, -0.25) is 0 Å². The van der Waals surface area contributed by atoms with Crippen LogP contribution >= 0.6 is 15.9 Å². The van der Waals surface area contributed by atoms with Crippen LogP contribution in [-0.4, -0.2) is 19.8 Å². The Morgan fingerprint density at radius 2 is 2.25 bits per heavy atom. The molecule has 0 spiro atoms. The first kappa shape index (κ1) is 11.6. The summed E-state index contributed by atoms with van der Waals surface area (Å²) in [6, 6.07) is 4.77. The van der Waals surface area contributed by atoms with Gasteiger partial charge in [-0.25, -0.2) is 4.39 Å². The molecule has 1 aromatic rings. The fraction of sp³-hybridized carbons (Fsp3) is 0.333. The molecule has 0 fully saturated rings. The third-order valence-corrected chi connectivity index (χ3v) is 2.82. The standard InChI is InChI=1S/C12H13BrFNO/c13-10-4-11(14)6-12(5-10)15-7-9-2-1-3-16-8-9/h2,4-6,15H,1,3,7-8H2. The highest BCUT2D eigenvalue weighted by atomic mass is 79.9. The fourth-order valence-electron chi connectivity index (χ4n) is 1.60. The van der Waals surface area contributed by atoms with Gasteiger partial charge < -0.3 is 10.1 Å². The molecule has 1 aliphatic heterocycles. The predicted octanol–water partition coefficient (Wildman–Crippen LogP) is 3.35. The van der Waals surface area contributed by atoms with Crippen molar-refractivity contribution in [2.24, 2.45) is 0 Å². The maximum atomic E-state index is 13.1. The zero-order valence-corrected chi connectivity index (χ0v) is 10.4. The van der Waals surface area contributed by atoms with Crippen LogP contribution in [0.25, 0.3) is 0 Å². The van der Waals surface area contributed by atoms with Crippen LogP contribution in [0.2, 0.25) is 0 Å².